The third-order valence-electron chi connectivity index (χ3n) is 6.04. The Balaban J connectivity index is 2.26. The van der Waals surface area contributed by atoms with Gasteiger partial charge in [0, 0.05) is 50.5 Å². The van der Waals surface area contributed by atoms with E-state index in [9.17, 15) is 19.2 Å². The Hall–Kier alpha value is -2.88. The highest BCUT2D eigenvalue weighted by Gasteiger charge is 2.52. The number of benzene rings is 1. The number of hydrogen-bond acceptors (Lipinski definition) is 11. The molecule has 0 spiro atoms. The average Bonchev–Trinajstić information content (AvgIpc) is 2.95. The number of rotatable bonds is 17. The lowest BCUT2D eigenvalue weighted by atomic mass is 9.97. The fourth-order valence-electron chi connectivity index (χ4n) is 4.35. The minimum atomic E-state index is -1.23. The molecule has 0 saturated carbocycles. The van der Waals surface area contributed by atoms with Crippen molar-refractivity contribution >= 4 is 49.8 Å². The molecule has 0 aliphatic carbocycles. The molecule has 2 N–H and O–H groups in total. The average molecular weight is 655 g/mol. The summed E-state index contributed by atoms with van der Waals surface area (Å²) >= 11 is 1.24. The van der Waals surface area contributed by atoms with E-state index in [4.69, 9.17) is 34.4 Å². The van der Waals surface area contributed by atoms with Crippen molar-refractivity contribution in [2.24, 2.45) is 0 Å². The van der Waals surface area contributed by atoms with Crippen LogP contribution in [0.3, 0.4) is 0 Å². The van der Waals surface area contributed by atoms with Gasteiger partial charge < -0.3 is 38.6 Å². The third-order valence-corrected chi connectivity index (χ3v) is 8.91. The number of amides is 2. The predicted octanol–water partition coefficient (Wildman–Crippen LogP) is 5.00. The zero-order valence-electron chi connectivity index (χ0n) is 25.9. The molecule has 0 aromatic heterocycles. The molecule has 244 valence electrons. The normalized spacial score (nSPS) is 21.2. The van der Waals surface area contributed by atoms with Gasteiger partial charge in [0.05, 0.1) is 13.2 Å². The van der Waals surface area contributed by atoms with Crippen LogP contribution in [-0.4, -0.2) is 79.7 Å². The molecule has 14 heteroatoms. The molecule has 1 aliphatic heterocycles. The number of esters is 3. The molecule has 0 bridgehead atoms. The SMILES string of the molecule is C#CCCCCNC(=O)Nc1ccc(S[C@H]2O[C@H](CCP(OCC)OCC)[C@@H](OC(C)=O)[C@H](OC(C)=O)[C@@H]2OC(C)=O)cc1. The molecule has 12 nitrogen and oxygen atoms in total. The van der Waals surface area contributed by atoms with Crippen molar-refractivity contribution in [3.8, 4) is 12.3 Å². The van der Waals surface area contributed by atoms with Crippen molar-refractivity contribution in [2.75, 3.05) is 31.2 Å². The van der Waals surface area contributed by atoms with Crippen molar-refractivity contribution in [3.63, 3.8) is 0 Å². The number of terminal acetylenes is 1. The van der Waals surface area contributed by atoms with Gasteiger partial charge in [-0.15, -0.1) is 12.3 Å². The van der Waals surface area contributed by atoms with E-state index in [0.717, 1.165) is 17.7 Å². The minimum absolute atomic E-state index is 0.334. The summed E-state index contributed by atoms with van der Waals surface area (Å²) < 4.78 is 34.7. The smallest absolute Gasteiger partial charge is 0.319 e. The Morgan fingerprint density at radius 2 is 1.50 bits per heavy atom. The highest BCUT2D eigenvalue weighted by atomic mass is 32.2. The Labute approximate surface area is 264 Å². The summed E-state index contributed by atoms with van der Waals surface area (Å²) in [7, 11) is -1.23. The number of hydrogen-bond donors (Lipinski definition) is 2. The van der Waals surface area contributed by atoms with Gasteiger partial charge in [0.25, 0.3) is 0 Å². The second-order valence-corrected chi connectivity index (χ2v) is 12.4. The van der Waals surface area contributed by atoms with E-state index in [-0.39, 0.29) is 6.03 Å². The number of anilines is 1. The van der Waals surface area contributed by atoms with Gasteiger partial charge in [0.15, 0.2) is 26.7 Å². The first-order chi connectivity index (χ1) is 21.1. The van der Waals surface area contributed by atoms with Crippen molar-refractivity contribution in [3.05, 3.63) is 24.3 Å². The predicted molar refractivity (Wildman–Crippen MR) is 167 cm³/mol. The van der Waals surface area contributed by atoms with Crippen molar-refractivity contribution in [2.45, 2.75) is 95.0 Å². The number of nitrogens with one attached hydrogen (secondary N) is 2. The summed E-state index contributed by atoms with van der Waals surface area (Å²) in [6, 6.07) is 6.67. The molecule has 1 aliphatic rings. The number of ether oxygens (including phenoxy) is 4. The molecule has 2 rings (SSSR count). The van der Waals surface area contributed by atoms with Gasteiger partial charge in [-0.3, -0.25) is 14.4 Å². The molecule has 1 aromatic carbocycles. The van der Waals surface area contributed by atoms with Crippen LogP contribution in [0.5, 0.6) is 0 Å². The molecule has 1 saturated heterocycles. The first kappa shape index (κ1) is 37.3. The highest BCUT2D eigenvalue weighted by molar-refractivity contribution is 7.99. The number of carbonyl (C=O) groups excluding carboxylic acids is 4. The van der Waals surface area contributed by atoms with Crippen molar-refractivity contribution in [1.29, 1.82) is 0 Å². The molecular formula is C30H43N2O10PS. The van der Waals surface area contributed by atoms with Crippen LogP contribution in [0.15, 0.2) is 29.2 Å². The van der Waals surface area contributed by atoms with Gasteiger partial charge in [-0.1, -0.05) is 11.8 Å². The van der Waals surface area contributed by atoms with Crippen LogP contribution >= 0.6 is 20.1 Å². The Morgan fingerprint density at radius 1 is 0.909 bits per heavy atom. The van der Waals surface area contributed by atoms with Crippen molar-refractivity contribution in [1.82, 2.24) is 5.32 Å². The van der Waals surface area contributed by atoms with Crippen LogP contribution in [0.4, 0.5) is 10.5 Å². The monoisotopic (exact) mass is 654 g/mol. The van der Waals surface area contributed by atoms with E-state index >= 15 is 0 Å². The lowest BCUT2D eigenvalue weighted by molar-refractivity contribution is -0.232. The molecule has 1 fully saturated rings. The first-order valence-corrected chi connectivity index (χ1v) is 16.8. The van der Waals surface area contributed by atoms with Crippen LogP contribution in [0, 0.1) is 12.3 Å². The first-order valence-electron chi connectivity index (χ1n) is 14.5. The zero-order valence-corrected chi connectivity index (χ0v) is 27.6. The molecule has 5 atom stereocenters. The zero-order chi connectivity index (χ0) is 32.5. The molecule has 2 amide bonds. The van der Waals surface area contributed by atoms with E-state index in [0.29, 0.717) is 44.4 Å². The molecule has 0 radical (unpaired) electrons. The second-order valence-electron chi connectivity index (χ2n) is 9.63. The van der Waals surface area contributed by atoms with Gasteiger partial charge in [-0.25, -0.2) is 4.79 Å². The number of unbranched alkanes of at least 4 members (excludes halogenated alkanes) is 2. The largest absolute Gasteiger partial charge is 0.456 e. The van der Waals surface area contributed by atoms with E-state index in [1.807, 2.05) is 13.8 Å². The minimum Gasteiger partial charge on any atom is -0.456 e. The molecule has 1 aromatic rings. The maximum Gasteiger partial charge on any atom is 0.319 e. The van der Waals surface area contributed by atoms with E-state index in [1.165, 1.54) is 32.5 Å². The number of thioether (sulfide) groups is 1. The fraction of sp³-hybridized carbons (Fsp3) is 0.600. The van der Waals surface area contributed by atoms with Crippen LogP contribution < -0.4 is 10.6 Å². The third kappa shape index (κ3) is 13.4. The summed E-state index contributed by atoms with van der Waals surface area (Å²) in [5.74, 6) is 0.705. The summed E-state index contributed by atoms with van der Waals surface area (Å²) in [6.45, 7) is 8.88. The Morgan fingerprint density at radius 3 is 2.07 bits per heavy atom. The van der Waals surface area contributed by atoms with Crippen LogP contribution in [0.1, 0.15) is 60.3 Å². The summed E-state index contributed by atoms with van der Waals surface area (Å²) in [5, 5.41) is 5.56. The maximum absolute atomic E-state index is 12.2. The van der Waals surface area contributed by atoms with Crippen LogP contribution in [0.2, 0.25) is 0 Å². The molecule has 44 heavy (non-hydrogen) atoms. The molecule has 1 heterocycles. The quantitative estimate of drug-likeness (QED) is 0.0769. The summed E-state index contributed by atoms with van der Waals surface area (Å²) in [4.78, 5) is 49.4. The Bertz CT molecular complexity index is 1110. The van der Waals surface area contributed by atoms with E-state index in [1.54, 1.807) is 24.3 Å². The van der Waals surface area contributed by atoms with Gasteiger partial charge in [0.1, 0.15) is 11.5 Å². The van der Waals surface area contributed by atoms with Crippen molar-refractivity contribution < 1.29 is 47.2 Å². The van der Waals surface area contributed by atoms with Crippen LogP contribution in [-0.2, 0) is 42.4 Å². The lowest BCUT2D eigenvalue weighted by Crippen LogP contribution is -2.60. The fourth-order valence-corrected chi connectivity index (χ4v) is 6.83. The van der Waals surface area contributed by atoms with Gasteiger partial charge >= 0.3 is 23.9 Å². The molecule has 0 unspecified atom stereocenters. The van der Waals surface area contributed by atoms with Crippen LogP contribution in [0.25, 0.3) is 0 Å². The lowest BCUT2D eigenvalue weighted by Gasteiger charge is -2.44. The van der Waals surface area contributed by atoms with E-state index < -0.39 is 56.1 Å². The summed E-state index contributed by atoms with van der Waals surface area (Å²) in [6.07, 6.45) is 4.34. The summed E-state index contributed by atoms with van der Waals surface area (Å²) in [5.41, 5.74) is -0.266. The second kappa shape index (κ2) is 20.2. The molecular weight excluding hydrogens is 611 g/mol. The number of urea groups is 1. The topological polar surface area (TPSA) is 148 Å². The highest BCUT2D eigenvalue weighted by Crippen LogP contribution is 2.43. The number of carbonyl (C=O) groups is 4. The standard InChI is InChI=1S/C30H43N2O10PS/c1-7-10-11-12-18-31-30(36)32-23-13-15-24(16-14-23)44-29-28(41-22(6)35)27(40-21(5)34)26(39-20(4)33)25(42-29)17-19-43(37-8-2)38-9-3/h1,13-16,25-29H,8-12,17-19H2,2-6H3,(H2,31,32,36)/t25-,26-,27+,28+,29-/m1/s1. The van der Waals surface area contributed by atoms with Gasteiger partial charge in [0.2, 0.25) is 0 Å². The maximum atomic E-state index is 12.2. The Kier molecular flexibility index (Phi) is 17.1. The van der Waals surface area contributed by atoms with Gasteiger partial charge in [-0.05, 0) is 57.4 Å². The van der Waals surface area contributed by atoms with Gasteiger partial charge in [-0.2, -0.15) is 0 Å². The van der Waals surface area contributed by atoms with E-state index in [2.05, 4.69) is 16.6 Å².